The maximum Gasteiger partial charge on any atom is 0.349 e. The Labute approximate surface area is 414 Å². The number of nitrogens with zero attached hydrogens (tertiary/aromatic N) is 2. The van der Waals surface area contributed by atoms with Crippen LogP contribution in [0, 0.1) is 20.2 Å². The summed E-state index contributed by atoms with van der Waals surface area (Å²) in [4.78, 5) is 126. The number of nitro groups is 2. The minimum Gasteiger partial charge on any atom is -0.482 e. The predicted molar refractivity (Wildman–Crippen MR) is 250 cm³/mol. The van der Waals surface area contributed by atoms with E-state index in [0.717, 1.165) is 42.5 Å². The zero-order valence-electron chi connectivity index (χ0n) is 37.5. The summed E-state index contributed by atoms with van der Waals surface area (Å²) in [5.41, 5.74) is -4.08. The number of fused-ring (bicyclic) bond motifs is 6. The molecule has 0 fully saturated rings. The molecule has 2 aliphatic heterocycles. The maximum absolute atomic E-state index is 13.6. The number of nitro benzene ring substituents is 2. The molecule has 2 heterocycles. The van der Waals surface area contributed by atoms with Gasteiger partial charge in [0.15, 0.2) is 18.8 Å². The summed E-state index contributed by atoms with van der Waals surface area (Å²) >= 11 is 0. The Morgan fingerprint density at radius 3 is 1.36 bits per heavy atom. The normalized spacial score (nSPS) is 12.4. The minimum atomic E-state index is -1.82. The Morgan fingerprint density at radius 1 is 0.500 bits per heavy atom. The van der Waals surface area contributed by atoms with Gasteiger partial charge in [-0.25, -0.2) is 19.2 Å². The van der Waals surface area contributed by atoms with Crippen LogP contribution in [0.1, 0.15) is 78.8 Å². The van der Waals surface area contributed by atoms with E-state index in [1.165, 1.54) is 97.1 Å². The van der Waals surface area contributed by atoms with Crippen molar-refractivity contribution in [3.8, 4) is 34.5 Å². The molecule has 366 valence electrons. The molecular weight excluding hydrogens is 969 g/mol. The van der Waals surface area contributed by atoms with Crippen molar-refractivity contribution in [2.75, 3.05) is 13.2 Å². The Balaban J connectivity index is 0.951. The van der Waals surface area contributed by atoms with E-state index >= 15 is 0 Å². The lowest BCUT2D eigenvalue weighted by Gasteiger charge is -2.36. The first kappa shape index (κ1) is 48.3. The van der Waals surface area contributed by atoms with Crippen molar-refractivity contribution in [1.29, 1.82) is 0 Å². The number of carboxylic acids is 1. The van der Waals surface area contributed by atoms with E-state index < -0.39 is 98.2 Å². The number of aromatic carboxylic acids is 1. The molecule has 0 saturated carbocycles. The number of benzene rings is 7. The fraction of sp³-hybridized carbons (Fsp3) is 0.0566. The average molecular weight is 999 g/mol. The zero-order valence-corrected chi connectivity index (χ0v) is 37.5. The number of rotatable bonds is 17. The maximum atomic E-state index is 13.6. The lowest BCUT2D eigenvalue weighted by atomic mass is 9.77. The highest BCUT2D eigenvalue weighted by molar-refractivity contribution is 6.50. The molecule has 0 saturated heterocycles. The van der Waals surface area contributed by atoms with Crippen LogP contribution in [0.3, 0.4) is 0 Å². The Bertz CT molecular complexity index is 3400. The molecule has 7 aromatic carbocycles. The number of carbonyl (C=O) groups excluding carboxylic acids is 7. The van der Waals surface area contributed by atoms with Crippen molar-refractivity contribution >= 4 is 58.4 Å². The summed E-state index contributed by atoms with van der Waals surface area (Å²) < 4.78 is 34.4. The van der Waals surface area contributed by atoms with Crippen LogP contribution in [-0.4, -0.2) is 75.2 Å². The molecule has 9 rings (SSSR count). The number of hydrogen-bond donors (Lipinski definition) is 1. The van der Waals surface area contributed by atoms with Gasteiger partial charge in [-0.15, -0.1) is 0 Å². The van der Waals surface area contributed by atoms with E-state index in [9.17, 15) is 63.7 Å². The molecule has 21 heteroatoms. The Hall–Kier alpha value is -10.7. The van der Waals surface area contributed by atoms with Gasteiger partial charge in [-0.3, -0.25) is 39.4 Å². The smallest absolute Gasteiger partial charge is 0.349 e. The van der Waals surface area contributed by atoms with E-state index in [4.69, 9.17) is 28.4 Å². The van der Waals surface area contributed by atoms with Crippen LogP contribution in [0.2, 0.25) is 0 Å². The molecule has 7 aromatic rings. The molecule has 0 bridgehead atoms. The Morgan fingerprint density at radius 2 is 0.932 bits per heavy atom. The summed E-state index contributed by atoms with van der Waals surface area (Å²) in [5.74, 6) is -9.45. The lowest BCUT2D eigenvalue weighted by molar-refractivity contribution is -0.385. The third kappa shape index (κ3) is 9.24. The number of ether oxygens (including phenoxy) is 6. The standard InChI is InChI=1S/C53H30N2O19/c56-45(26-69-31-14-19-41(54(65)66)36(22-31)49(60)47(58)28-7-3-1-4-8-28)71-33-12-17-39-43(24-33)73-44-25-34(13-18-40(44)53(39)38-16-11-30(51(62)63)21-35(38)52(64)74-53)72-46(57)27-70-32-15-20-42(55(67)68)37(23-32)50(61)48(59)29-9-5-2-6-10-29/h1-25H,26-27H2,(H,62,63). The SMILES string of the molecule is O=C(COc1ccc([N+](=O)[O-])c(C(=O)C(=O)c2ccccc2)c1)Oc1ccc2c(c1)Oc1cc(OC(=O)COc3ccc([N+](=O)[O-])c(C(=O)C(=O)c4ccccc4)c3)ccc1C21OC(=O)c2cc(C(=O)O)ccc21. The molecule has 0 unspecified atom stereocenters. The van der Waals surface area contributed by atoms with Crippen molar-refractivity contribution < 1.29 is 81.7 Å². The van der Waals surface area contributed by atoms with Crippen LogP contribution in [0.15, 0.2) is 152 Å². The number of esters is 3. The van der Waals surface area contributed by atoms with Crippen LogP contribution in [0.4, 0.5) is 11.4 Å². The molecule has 1 N–H and O–H groups in total. The quantitative estimate of drug-likeness (QED) is 0.0226. The van der Waals surface area contributed by atoms with Crippen molar-refractivity contribution in [2.45, 2.75) is 5.60 Å². The van der Waals surface area contributed by atoms with Crippen LogP contribution in [0.5, 0.6) is 34.5 Å². The first-order valence-electron chi connectivity index (χ1n) is 21.6. The minimum absolute atomic E-state index is 0.00691. The number of Topliss-reactive ketones (excluding diaryl/α,β-unsaturated/α-hetero) is 4. The van der Waals surface area contributed by atoms with Crippen LogP contribution in [-0.2, 0) is 19.9 Å². The van der Waals surface area contributed by atoms with Gasteiger partial charge >= 0.3 is 23.9 Å². The van der Waals surface area contributed by atoms with Crippen LogP contribution >= 0.6 is 0 Å². The highest BCUT2D eigenvalue weighted by Gasteiger charge is 2.54. The van der Waals surface area contributed by atoms with Gasteiger partial charge in [-0.1, -0.05) is 66.7 Å². The second kappa shape index (κ2) is 19.6. The highest BCUT2D eigenvalue weighted by atomic mass is 16.6. The van der Waals surface area contributed by atoms with Crippen molar-refractivity contribution in [1.82, 2.24) is 0 Å². The molecule has 21 nitrogen and oxygen atoms in total. The monoisotopic (exact) mass is 998 g/mol. The second-order valence-corrected chi connectivity index (χ2v) is 16.0. The van der Waals surface area contributed by atoms with Gasteiger partial charge in [-0.2, -0.15) is 0 Å². The molecule has 0 aliphatic carbocycles. The van der Waals surface area contributed by atoms with E-state index in [1.807, 2.05) is 0 Å². The largest absolute Gasteiger partial charge is 0.482 e. The fourth-order valence-corrected chi connectivity index (χ4v) is 8.13. The summed E-state index contributed by atoms with van der Waals surface area (Å²) in [5, 5.41) is 33.2. The van der Waals surface area contributed by atoms with Crippen LogP contribution < -0.4 is 23.7 Å². The molecule has 74 heavy (non-hydrogen) atoms. The van der Waals surface area contributed by atoms with Gasteiger partial charge in [0.25, 0.3) is 11.4 Å². The van der Waals surface area contributed by atoms with Crippen molar-refractivity contribution in [3.63, 3.8) is 0 Å². The summed E-state index contributed by atoms with van der Waals surface area (Å²) in [7, 11) is 0. The second-order valence-electron chi connectivity index (χ2n) is 16.0. The number of carboxylic acid groups (broad SMARTS) is 1. The average Bonchev–Trinajstić information content (AvgIpc) is 3.72. The third-order valence-corrected chi connectivity index (χ3v) is 11.5. The summed E-state index contributed by atoms with van der Waals surface area (Å²) in [6.07, 6.45) is 0. The molecule has 2 aliphatic rings. The van der Waals surface area contributed by atoms with Gasteiger partial charge in [0, 0.05) is 52.1 Å². The highest BCUT2D eigenvalue weighted by Crippen LogP contribution is 2.57. The molecular formula is C53H30N2O19. The number of carbonyl (C=O) groups is 8. The first-order chi connectivity index (χ1) is 35.5. The van der Waals surface area contributed by atoms with Gasteiger partial charge < -0.3 is 33.5 Å². The fourth-order valence-electron chi connectivity index (χ4n) is 8.13. The van der Waals surface area contributed by atoms with E-state index in [-0.39, 0.29) is 73.4 Å². The van der Waals surface area contributed by atoms with E-state index in [0.29, 0.717) is 0 Å². The first-order valence-corrected chi connectivity index (χ1v) is 21.6. The molecule has 0 amide bonds. The van der Waals surface area contributed by atoms with Crippen LogP contribution in [0.25, 0.3) is 0 Å². The molecule has 1 spiro atoms. The summed E-state index contributed by atoms with van der Waals surface area (Å²) in [6.45, 7) is -1.62. The Kier molecular flexibility index (Phi) is 12.8. The topological polar surface area (TPSA) is 298 Å². The lowest BCUT2D eigenvalue weighted by Crippen LogP contribution is -2.33. The van der Waals surface area contributed by atoms with Crippen molar-refractivity contribution in [3.05, 3.63) is 222 Å². The van der Waals surface area contributed by atoms with Crippen molar-refractivity contribution in [2.24, 2.45) is 0 Å². The molecule has 0 atom stereocenters. The number of hydrogen-bond acceptors (Lipinski definition) is 18. The summed E-state index contributed by atoms with van der Waals surface area (Å²) in [6, 6.07) is 32.6. The zero-order chi connectivity index (χ0) is 52.4. The van der Waals surface area contributed by atoms with Gasteiger partial charge in [-0.05, 0) is 60.7 Å². The number of ketones is 4. The van der Waals surface area contributed by atoms with Gasteiger partial charge in [0.05, 0.1) is 21.0 Å². The molecule has 0 radical (unpaired) electrons. The van der Waals surface area contributed by atoms with Gasteiger partial charge in [0.1, 0.15) is 45.6 Å². The van der Waals surface area contributed by atoms with E-state index in [2.05, 4.69) is 0 Å². The van der Waals surface area contributed by atoms with E-state index in [1.54, 1.807) is 12.1 Å². The third-order valence-electron chi connectivity index (χ3n) is 11.5. The predicted octanol–water partition coefficient (Wildman–Crippen LogP) is 7.87. The molecule has 0 aromatic heterocycles. The van der Waals surface area contributed by atoms with Gasteiger partial charge in [0.2, 0.25) is 23.1 Å².